The number of ether oxygens (including phenoxy) is 1. The molecule has 1 aromatic heterocycles. The molecule has 0 unspecified atom stereocenters. The van der Waals surface area contributed by atoms with Crippen molar-refractivity contribution < 1.29 is 14.6 Å². The molecule has 3 aromatic rings. The lowest BCUT2D eigenvalue weighted by atomic mass is 10.1. The zero-order valence-electron chi connectivity index (χ0n) is 11.7. The van der Waals surface area contributed by atoms with Crippen LogP contribution in [0.15, 0.2) is 48.5 Å². The number of carbonyl (C=O) groups excluding carboxylic acids is 1. The molecule has 0 amide bonds. The van der Waals surface area contributed by atoms with E-state index < -0.39 is 5.97 Å². The van der Waals surface area contributed by atoms with Crippen molar-refractivity contribution in [3.63, 3.8) is 0 Å². The fourth-order valence-electron chi connectivity index (χ4n) is 2.23. The van der Waals surface area contributed by atoms with Crippen LogP contribution in [0.25, 0.3) is 22.2 Å². The molecule has 0 aliphatic heterocycles. The number of esters is 1. The Kier molecular flexibility index (Phi) is 3.69. The first kappa shape index (κ1) is 14.4. The number of halogens is 1. The van der Waals surface area contributed by atoms with E-state index in [1.807, 2.05) is 12.1 Å². The Morgan fingerprint density at radius 3 is 2.68 bits per heavy atom. The summed E-state index contributed by atoms with van der Waals surface area (Å²) in [6.07, 6.45) is 0. The van der Waals surface area contributed by atoms with Crippen molar-refractivity contribution in [3.8, 4) is 17.0 Å². The minimum absolute atomic E-state index is 0.197. The third kappa shape index (κ3) is 2.61. The van der Waals surface area contributed by atoms with Gasteiger partial charge in [0.1, 0.15) is 5.75 Å². The van der Waals surface area contributed by atoms with Gasteiger partial charge < -0.3 is 9.84 Å². The van der Waals surface area contributed by atoms with Gasteiger partial charge in [0.05, 0.1) is 28.9 Å². The van der Waals surface area contributed by atoms with E-state index in [0.717, 1.165) is 16.5 Å². The lowest BCUT2D eigenvalue weighted by Crippen LogP contribution is -2.01. The molecule has 2 aromatic carbocycles. The molecule has 110 valence electrons. The van der Waals surface area contributed by atoms with Crippen molar-refractivity contribution in [2.75, 3.05) is 7.11 Å². The van der Waals surface area contributed by atoms with E-state index in [1.54, 1.807) is 36.4 Å². The maximum Gasteiger partial charge on any atom is 0.337 e. The van der Waals surface area contributed by atoms with Crippen LogP contribution in [-0.4, -0.2) is 23.2 Å². The summed E-state index contributed by atoms with van der Waals surface area (Å²) in [6.45, 7) is 0. The first-order chi connectivity index (χ1) is 10.6. The molecule has 0 bridgehead atoms. The highest BCUT2D eigenvalue weighted by atomic mass is 35.5. The normalized spacial score (nSPS) is 10.6. The van der Waals surface area contributed by atoms with Crippen LogP contribution in [0.4, 0.5) is 0 Å². The molecule has 22 heavy (non-hydrogen) atoms. The first-order valence-corrected chi connectivity index (χ1v) is 6.94. The van der Waals surface area contributed by atoms with E-state index >= 15 is 0 Å². The molecule has 0 atom stereocenters. The number of hydrogen-bond acceptors (Lipinski definition) is 4. The van der Waals surface area contributed by atoms with Crippen LogP contribution in [0.3, 0.4) is 0 Å². The van der Waals surface area contributed by atoms with Gasteiger partial charge in [-0.05, 0) is 36.4 Å². The Labute approximate surface area is 131 Å². The first-order valence-electron chi connectivity index (χ1n) is 6.56. The van der Waals surface area contributed by atoms with Crippen LogP contribution in [0, 0.1) is 0 Å². The van der Waals surface area contributed by atoms with E-state index in [9.17, 15) is 9.90 Å². The number of benzene rings is 2. The van der Waals surface area contributed by atoms with Crippen molar-refractivity contribution in [2.45, 2.75) is 0 Å². The minimum atomic E-state index is -0.435. The molecular weight excluding hydrogens is 302 g/mol. The van der Waals surface area contributed by atoms with E-state index in [0.29, 0.717) is 16.3 Å². The lowest BCUT2D eigenvalue weighted by molar-refractivity contribution is 0.0601. The predicted octanol–water partition coefficient (Wildman–Crippen LogP) is 4.05. The Balaban J connectivity index is 2.07. The summed E-state index contributed by atoms with van der Waals surface area (Å²) in [5.74, 6) is -0.238. The number of rotatable bonds is 2. The van der Waals surface area contributed by atoms with Gasteiger partial charge in [0, 0.05) is 10.9 Å². The molecule has 0 aliphatic carbocycles. The summed E-state index contributed by atoms with van der Waals surface area (Å²) in [7, 11) is 1.32. The number of phenolic OH excluding ortho intramolecular Hbond substituents is 1. The topological polar surface area (TPSA) is 59.4 Å². The maximum absolute atomic E-state index is 11.5. The zero-order valence-corrected chi connectivity index (χ0v) is 12.5. The van der Waals surface area contributed by atoms with Gasteiger partial charge in [0.25, 0.3) is 0 Å². The molecule has 1 N–H and O–H groups in total. The van der Waals surface area contributed by atoms with Crippen LogP contribution in [0.1, 0.15) is 10.4 Å². The smallest absolute Gasteiger partial charge is 0.337 e. The number of aromatic nitrogens is 1. The van der Waals surface area contributed by atoms with Gasteiger partial charge in [-0.25, -0.2) is 9.78 Å². The fraction of sp³-hybridized carbons (Fsp3) is 0.0588. The summed E-state index contributed by atoms with van der Waals surface area (Å²) in [6, 6.07) is 13.6. The van der Waals surface area contributed by atoms with Gasteiger partial charge in [-0.1, -0.05) is 23.7 Å². The number of phenols is 1. The lowest BCUT2D eigenvalue weighted by Gasteiger charge is -2.07. The molecule has 3 rings (SSSR count). The number of hydrogen-bond donors (Lipinski definition) is 1. The van der Waals surface area contributed by atoms with Crippen molar-refractivity contribution in [2.24, 2.45) is 0 Å². The minimum Gasteiger partial charge on any atom is -0.508 e. The van der Waals surface area contributed by atoms with Crippen molar-refractivity contribution in [1.29, 1.82) is 0 Å². The predicted molar refractivity (Wildman–Crippen MR) is 85.2 cm³/mol. The highest BCUT2D eigenvalue weighted by molar-refractivity contribution is 6.33. The van der Waals surface area contributed by atoms with Gasteiger partial charge in [0.15, 0.2) is 0 Å². The highest BCUT2D eigenvalue weighted by Crippen LogP contribution is 2.29. The molecule has 0 spiro atoms. The number of aromatic hydroxyl groups is 1. The Morgan fingerprint density at radius 1 is 1.14 bits per heavy atom. The number of fused-ring (bicyclic) bond motifs is 1. The SMILES string of the molecule is COC(=O)c1ccc(-c2ccc3cc(O)ccc3n2)c(Cl)c1. The van der Waals surface area contributed by atoms with E-state index in [-0.39, 0.29) is 5.75 Å². The molecular formula is C17H12ClNO3. The largest absolute Gasteiger partial charge is 0.508 e. The second-order valence-electron chi connectivity index (χ2n) is 4.76. The third-order valence-corrected chi connectivity index (χ3v) is 3.65. The second-order valence-corrected chi connectivity index (χ2v) is 5.17. The average molecular weight is 314 g/mol. The standard InChI is InChI=1S/C17H12ClNO3/c1-22-17(21)11-2-5-13(14(18)9-11)16-6-3-10-8-12(20)4-7-15(10)19-16/h2-9,20H,1H3. The summed E-state index contributed by atoms with van der Waals surface area (Å²) in [4.78, 5) is 16.0. The van der Waals surface area contributed by atoms with Crippen LogP contribution >= 0.6 is 11.6 Å². The van der Waals surface area contributed by atoms with Crippen LogP contribution in [-0.2, 0) is 4.74 Å². The molecule has 0 saturated carbocycles. The highest BCUT2D eigenvalue weighted by Gasteiger charge is 2.11. The molecule has 0 saturated heterocycles. The number of carbonyl (C=O) groups is 1. The van der Waals surface area contributed by atoms with Crippen molar-refractivity contribution >= 4 is 28.5 Å². The monoisotopic (exact) mass is 313 g/mol. The summed E-state index contributed by atoms with van der Waals surface area (Å²) in [5.41, 5.74) is 2.56. The van der Waals surface area contributed by atoms with Gasteiger partial charge in [-0.2, -0.15) is 0 Å². The zero-order chi connectivity index (χ0) is 15.7. The molecule has 1 heterocycles. The number of methoxy groups -OCH3 is 1. The van der Waals surface area contributed by atoms with E-state index in [1.165, 1.54) is 7.11 Å². The molecule has 5 heteroatoms. The van der Waals surface area contributed by atoms with Crippen LogP contribution < -0.4 is 0 Å². The Morgan fingerprint density at radius 2 is 1.95 bits per heavy atom. The van der Waals surface area contributed by atoms with Gasteiger partial charge >= 0.3 is 5.97 Å². The molecule has 0 fully saturated rings. The summed E-state index contributed by atoms with van der Waals surface area (Å²) in [5, 5.41) is 10.7. The number of pyridine rings is 1. The Hall–Kier alpha value is -2.59. The van der Waals surface area contributed by atoms with E-state index in [4.69, 9.17) is 11.6 Å². The van der Waals surface area contributed by atoms with Crippen LogP contribution in [0.5, 0.6) is 5.75 Å². The van der Waals surface area contributed by atoms with Crippen molar-refractivity contribution in [1.82, 2.24) is 4.98 Å². The maximum atomic E-state index is 11.5. The Bertz CT molecular complexity index is 877. The quantitative estimate of drug-likeness (QED) is 0.725. The summed E-state index contributed by atoms with van der Waals surface area (Å²) < 4.78 is 4.67. The molecule has 0 aliphatic rings. The molecule has 0 radical (unpaired) electrons. The summed E-state index contributed by atoms with van der Waals surface area (Å²) >= 11 is 6.25. The van der Waals surface area contributed by atoms with E-state index in [2.05, 4.69) is 9.72 Å². The van der Waals surface area contributed by atoms with Crippen molar-refractivity contribution in [3.05, 3.63) is 59.1 Å². The van der Waals surface area contributed by atoms with Gasteiger partial charge in [0.2, 0.25) is 0 Å². The third-order valence-electron chi connectivity index (χ3n) is 3.34. The van der Waals surface area contributed by atoms with Crippen LogP contribution in [0.2, 0.25) is 5.02 Å². The number of nitrogens with zero attached hydrogens (tertiary/aromatic N) is 1. The van der Waals surface area contributed by atoms with Gasteiger partial charge in [-0.15, -0.1) is 0 Å². The average Bonchev–Trinajstić information content (AvgIpc) is 2.53. The second kappa shape index (κ2) is 5.66. The van der Waals surface area contributed by atoms with Gasteiger partial charge in [-0.3, -0.25) is 0 Å². The molecule has 4 nitrogen and oxygen atoms in total. The fourth-order valence-corrected chi connectivity index (χ4v) is 2.51.